The van der Waals surface area contributed by atoms with Crippen molar-refractivity contribution < 1.29 is 19.7 Å². The number of thioether (sulfide) groups is 1. The Kier molecular flexibility index (Phi) is 7.77. The van der Waals surface area contributed by atoms with Gasteiger partial charge in [0, 0.05) is 18.4 Å². The van der Waals surface area contributed by atoms with Crippen LogP contribution in [0.25, 0.3) is 6.08 Å². The summed E-state index contributed by atoms with van der Waals surface area (Å²) in [4.78, 5) is 10.4. The van der Waals surface area contributed by atoms with Gasteiger partial charge in [0.1, 0.15) is 5.75 Å². The second-order valence-corrected chi connectivity index (χ2v) is 5.01. The summed E-state index contributed by atoms with van der Waals surface area (Å²) >= 11 is 1.74. The highest BCUT2D eigenvalue weighted by atomic mass is 32.2. The molecule has 19 heavy (non-hydrogen) atoms. The lowest BCUT2D eigenvalue weighted by Gasteiger charge is -2.06. The first-order valence-corrected chi connectivity index (χ1v) is 7.20. The molecule has 5 heteroatoms. The zero-order chi connectivity index (χ0) is 13.9. The van der Waals surface area contributed by atoms with E-state index in [0.717, 1.165) is 35.3 Å². The van der Waals surface area contributed by atoms with Gasteiger partial charge in [0.2, 0.25) is 0 Å². The summed E-state index contributed by atoms with van der Waals surface area (Å²) in [6.45, 7) is 0.827. The molecule has 0 aliphatic heterocycles. The van der Waals surface area contributed by atoms with Crippen LogP contribution in [0.1, 0.15) is 12.0 Å². The molecule has 0 radical (unpaired) electrons. The third-order valence-electron chi connectivity index (χ3n) is 2.22. The van der Waals surface area contributed by atoms with Gasteiger partial charge < -0.3 is 14.9 Å². The molecular formula is C14H18O4S. The third kappa shape index (κ3) is 7.54. The minimum Gasteiger partial charge on any atom is -0.493 e. The number of carboxylic acids is 1. The van der Waals surface area contributed by atoms with E-state index in [-0.39, 0.29) is 6.61 Å². The zero-order valence-electron chi connectivity index (χ0n) is 10.6. The molecule has 0 aromatic heterocycles. The predicted molar refractivity (Wildman–Crippen MR) is 77.6 cm³/mol. The molecule has 0 saturated carbocycles. The first-order chi connectivity index (χ1) is 9.22. The Balaban J connectivity index is 2.34. The van der Waals surface area contributed by atoms with Gasteiger partial charge in [-0.15, -0.1) is 0 Å². The van der Waals surface area contributed by atoms with Gasteiger partial charge in [0.25, 0.3) is 0 Å². The van der Waals surface area contributed by atoms with Crippen molar-refractivity contribution in [3.63, 3.8) is 0 Å². The van der Waals surface area contributed by atoms with E-state index in [1.165, 1.54) is 6.08 Å². The van der Waals surface area contributed by atoms with E-state index in [2.05, 4.69) is 0 Å². The fourth-order valence-electron chi connectivity index (χ4n) is 1.36. The van der Waals surface area contributed by atoms with Crippen LogP contribution in [0.5, 0.6) is 5.75 Å². The summed E-state index contributed by atoms with van der Waals surface area (Å²) in [6, 6.07) is 7.30. The van der Waals surface area contributed by atoms with Crippen molar-refractivity contribution in [1.29, 1.82) is 0 Å². The molecule has 0 aliphatic rings. The Labute approximate surface area is 117 Å². The molecule has 0 saturated heterocycles. The quantitative estimate of drug-likeness (QED) is 0.537. The molecule has 1 rings (SSSR count). The molecule has 104 valence electrons. The van der Waals surface area contributed by atoms with Gasteiger partial charge in [-0.1, -0.05) is 12.1 Å². The van der Waals surface area contributed by atoms with Crippen LogP contribution in [0.15, 0.2) is 30.3 Å². The molecular weight excluding hydrogens is 264 g/mol. The van der Waals surface area contributed by atoms with Gasteiger partial charge in [-0.05, 0) is 35.9 Å². The fourth-order valence-corrected chi connectivity index (χ4v) is 2.10. The van der Waals surface area contributed by atoms with Crippen LogP contribution in [0.2, 0.25) is 0 Å². The molecule has 1 aromatic rings. The predicted octanol–water partition coefficient (Wildman–Crippen LogP) is 2.28. The number of hydrogen-bond acceptors (Lipinski definition) is 4. The van der Waals surface area contributed by atoms with Crippen LogP contribution in [0.4, 0.5) is 0 Å². The number of benzene rings is 1. The molecule has 2 N–H and O–H groups in total. The summed E-state index contributed by atoms with van der Waals surface area (Å²) in [6.07, 6.45) is 3.44. The van der Waals surface area contributed by atoms with Crippen molar-refractivity contribution in [3.8, 4) is 5.75 Å². The van der Waals surface area contributed by atoms with Crippen LogP contribution in [-0.2, 0) is 4.79 Å². The van der Waals surface area contributed by atoms with E-state index in [1.807, 2.05) is 18.2 Å². The number of aliphatic hydroxyl groups excluding tert-OH is 1. The summed E-state index contributed by atoms with van der Waals surface area (Å²) in [5.74, 6) is 1.57. The van der Waals surface area contributed by atoms with E-state index in [0.29, 0.717) is 6.61 Å². The second kappa shape index (κ2) is 9.47. The molecule has 0 unspecified atom stereocenters. The Bertz CT molecular complexity index is 418. The van der Waals surface area contributed by atoms with Crippen LogP contribution in [0, 0.1) is 0 Å². The molecule has 0 heterocycles. The Morgan fingerprint density at radius 3 is 2.95 bits per heavy atom. The average Bonchev–Trinajstić information content (AvgIpc) is 2.41. The molecule has 0 atom stereocenters. The number of hydrogen-bond donors (Lipinski definition) is 2. The molecule has 1 aromatic carbocycles. The van der Waals surface area contributed by atoms with Gasteiger partial charge in [-0.3, -0.25) is 0 Å². The number of ether oxygens (including phenoxy) is 1. The fraction of sp³-hybridized carbons (Fsp3) is 0.357. The molecule has 0 spiro atoms. The number of rotatable bonds is 9. The topological polar surface area (TPSA) is 66.8 Å². The first kappa shape index (κ1) is 15.6. The van der Waals surface area contributed by atoms with Crippen molar-refractivity contribution in [3.05, 3.63) is 35.9 Å². The maximum absolute atomic E-state index is 10.4. The average molecular weight is 282 g/mol. The minimum atomic E-state index is -0.966. The highest BCUT2D eigenvalue weighted by Gasteiger charge is 1.96. The SMILES string of the molecule is O=C(O)C=Cc1cccc(OCCSCCCO)c1. The number of carbonyl (C=O) groups is 1. The van der Waals surface area contributed by atoms with E-state index >= 15 is 0 Å². The van der Waals surface area contributed by atoms with E-state index in [9.17, 15) is 4.79 Å². The standard InChI is InChI=1S/C14H18O4S/c15-7-2-9-19-10-8-18-13-4-1-3-12(11-13)5-6-14(16)17/h1,3-6,11,15H,2,7-10H2,(H,16,17). The van der Waals surface area contributed by atoms with E-state index < -0.39 is 5.97 Å². The highest BCUT2D eigenvalue weighted by Crippen LogP contribution is 2.15. The van der Waals surface area contributed by atoms with Crippen LogP contribution >= 0.6 is 11.8 Å². The third-order valence-corrected chi connectivity index (χ3v) is 3.25. The Morgan fingerprint density at radius 1 is 1.37 bits per heavy atom. The summed E-state index contributed by atoms with van der Waals surface area (Å²) < 4.78 is 5.57. The lowest BCUT2D eigenvalue weighted by Crippen LogP contribution is -2.01. The van der Waals surface area contributed by atoms with Crippen molar-refractivity contribution in [2.24, 2.45) is 0 Å². The maximum atomic E-state index is 10.4. The van der Waals surface area contributed by atoms with Gasteiger partial charge >= 0.3 is 5.97 Å². The van der Waals surface area contributed by atoms with E-state index in [4.69, 9.17) is 14.9 Å². The van der Waals surface area contributed by atoms with Crippen molar-refractivity contribution >= 4 is 23.8 Å². The maximum Gasteiger partial charge on any atom is 0.328 e. The van der Waals surface area contributed by atoms with Gasteiger partial charge in [-0.2, -0.15) is 11.8 Å². The lowest BCUT2D eigenvalue weighted by molar-refractivity contribution is -0.131. The number of aliphatic carboxylic acids is 1. The van der Waals surface area contributed by atoms with Gasteiger partial charge in [-0.25, -0.2) is 4.79 Å². The normalized spacial score (nSPS) is 10.8. The zero-order valence-corrected chi connectivity index (χ0v) is 11.4. The lowest BCUT2D eigenvalue weighted by atomic mass is 10.2. The minimum absolute atomic E-state index is 0.228. The van der Waals surface area contributed by atoms with Crippen LogP contribution in [-0.4, -0.2) is 40.9 Å². The van der Waals surface area contributed by atoms with Gasteiger partial charge in [0.15, 0.2) is 0 Å². The summed E-state index contributed by atoms with van der Waals surface area (Å²) in [5, 5.41) is 17.2. The molecule has 0 bridgehead atoms. The van der Waals surface area contributed by atoms with Crippen LogP contribution < -0.4 is 4.74 Å². The van der Waals surface area contributed by atoms with Crippen molar-refractivity contribution in [1.82, 2.24) is 0 Å². The molecule has 0 amide bonds. The van der Waals surface area contributed by atoms with Gasteiger partial charge in [0.05, 0.1) is 6.61 Å². The van der Waals surface area contributed by atoms with Crippen molar-refractivity contribution in [2.75, 3.05) is 24.7 Å². The summed E-state index contributed by atoms with van der Waals surface area (Å²) in [5.41, 5.74) is 0.799. The Hall–Kier alpha value is -1.46. The number of aliphatic hydroxyl groups is 1. The highest BCUT2D eigenvalue weighted by molar-refractivity contribution is 7.99. The number of carboxylic acid groups (broad SMARTS) is 1. The van der Waals surface area contributed by atoms with E-state index in [1.54, 1.807) is 17.8 Å². The molecule has 4 nitrogen and oxygen atoms in total. The Morgan fingerprint density at radius 2 is 2.21 bits per heavy atom. The first-order valence-electron chi connectivity index (χ1n) is 6.05. The molecule has 0 fully saturated rings. The summed E-state index contributed by atoms with van der Waals surface area (Å²) in [7, 11) is 0. The molecule has 0 aliphatic carbocycles. The smallest absolute Gasteiger partial charge is 0.328 e. The second-order valence-electron chi connectivity index (χ2n) is 3.78. The monoisotopic (exact) mass is 282 g/mol. The van der Waals surface area contributed by atoms with Crippen molar-refractivity contribution in [2.45, 2.75) is 6.42 Å². The largest absolute Gasteiger partial charge is 0.493 e. The van der Waals surface area contributed by atoms with Crippen LogP contribution in [0.3, 0.4) is 0 Å².